The number of aryl methyl sites for hydroxylation is 1. The Hall–Kier alpha value is -3.03. The van der Waals surface area contributed by atoms with Crippen molar-refractivity contribution in [1.29, 1.82) is 0 Å². The van der Waals surface area contributed by atoms with Crippen LogP contribution in [0.3, 0.4) is 0 Å². The summed E-state index contributed by atoms with van der Waals surface area (Å²) in [5.74, 6) is 1.73. The van der Waals surface area contributed by atoms with Crippen molar-refractivity contribution in [3.05, 3.63) is 76.3 Å². The summed E-state index contributed by atoms with van der Waals surface area (Å²) in [6.45, 7) is 4.83. The van der Waals surface area contributed by atoms with E-state index in [1.807, 2.05) is 41.7 Å². The second kappa shape index (κ2) is 7.09. The van der Waals surface area contributed by atoms with Crippen molar-refractivity contribution in [3.8, 4) is 0 Å². The van der Waals surface area contributed by atoms with Crippen molar-refractivity contribution in [2.75, 3.05) is 13.1 Å². The number of fused-ring (bicyclic) bond motifs is 3. The highest BCUT2D eigenvalue weighted by Gasteiger charge is 2.32. The smallest absolute Gasteiger partial charge is 0.262 e. The lowest BCUT2D eigenvalue weighted by molar-refractivity contribution is 0.314. The zero-order valence-electron chi connectivity index (χ0n) is 16.4. The highest BCUT2D eigenvalue weighted by molar-refractivity contribution is 5.80. The summed E-state index contributed by atoms with van der Waals surface area (Å²) in [6, 6.07) is 18.2. The maximum atomic E-state index is 12.8. The Morgan fingerprint density at radius 1 is 1.03 bits per heavy atom. The van der Waals surface area contributed by atoms with Crippen LogP contribution in [0.4, 0.5) is 0 Å². The molecule has 0 unspecified atom stereocenters. The van der Waals surface area contributed by atoms with Crippen molar-refractivity contribution < 1.29 is 0 Å². The van der Waals surface area contributed by atoms with Gasteiger partial charge >= 0.3 is 0 Å². The number of nitrogens with two attached hydrogens (primary N) is 1. The van der Waals surface area contributed by atoms with Gasteiger partial charge in [-0.2, -0.15) is 0 Å². The van der Waals surface area contributed by atoms with E-state index in [0.29, 0.717) is 30.2 Å². The zero-order valence-corrected chi connectivity index (χ0v) is 16.4. The van der Waals surface area contributed by atoms with Crippen molar-refractivity contribution in [1.82, 2.24) is 24.1 Å². The van der Waals surface area contributed by atoms with Gasteiger partial charge in [0, 0.05) is 31.6 Å². The molecule has 0 radical (unpaired) electrons. The summed E-state index contributed by atoms with van der Waals surface area (Å²) in [7, 11) is 0. The van der Waals surface area contributed by atoms with Gasteiger partial charge in [-0.15, -0.1) is 10.2 Å². The third-order valence-electron chi connectivity index (χ3n) is 5.92. The maximum Gasteiger partial charge on any atom is 0.262 e. The lowest BCUT2D eigenvalue weighted by Crippen LogP contribution is -2.29. The molecule has 1 aliphatic heterocycles. The summed E-state index contributed by atoms with van der Waals surface area (Å²) in [5, 5.41) is 9.49. The fraction of sp³-hybridized carbons (Fsp3) is 0.318. The molecule has 0 bridgehead atoms. The molecule has 1 fully saturated rings. The van der Waals surface area contributed by atoms with Gasteiger partial charge in [0.1, 0.15) is 0 Å². The third kappa shape index (κ3) is 2.94. The predicted molar refractivity (Wildman–Crippen MR) is 113 cm³/mol. The molecule has 2 aromatic carbocycles. The van der Waals surface area contributed by atoms with Crippen LogP contribution in [0.25, 0.3) is 16.7 Å². The van der Waals surface area contributed by atoms with E-state index in [4.69, 9.17) is 5.73 Å². The Bertz CT molecular complexity index is 1230. The molecule has 0 amide bonds. The quantitative estimate of drug-likeness (QED) is 0.578. The van der Waals surface area contributed by atoms with Gasteiger partial charge in [-0.3, -0.25) is 18.7 Å². The normalized spacial score (nSPS) is 20.1. The molecule has 7 nitrogen and oxygen atoms in total. The number of hydrogen-bond acceptors (Lipinski definition) is 5. The number of likely N-dealkylation sites (tertiary alicyclic amines) is 1. The Morgan fingerprint density at radius 2 is 1.79 bits per heavy atom. The first-order chi connectivity index (χ1) is 14.2. The van der Waals surface area contributed by atoms with Gasteiger partial charge in [0.2, 0.25) is 5.78 Å². The molecule has 2 aromatic heterocycles. The van der Waals surface area contributed by atoms with Crippen LogP contribution in [-0.2, 0) is 13.1 Å². The number of nitrogens with zero attached hydrogens (tertiary/aromatic N) is 5. The number of hydrogen-bond donors (Lipinski definition) is 1. The van der Waals surface area contributed by atoms with E-state index >= 15 is 0 Å². The third-order valence-corrected chi connectivity index (χ3v) is 5.92. The van der Waals surface area contributed by atoms with Gasteiger partial charge in [-0.05, 0) is 24.6 Å². The highest BCUT2D eigenvalue weighted by atomic mass is 16.1. The van der Waals surface area contributed by atoms with E-state index in [1.165, 1.54) is 5.56 Å². The van der Waals surface area contributed by atoms with Gasteiger partial charge in [0.15, 0.2) is 5.82 Å². The maximum absolute atomic E-state index is 12.8. The fourth-order valence-corrected chi connectivity index (χ4v) is 4.50. The molecule has 1 aliphatic rings. The van der Waals surface area contributed by atoms with Gasteiger partial charge in [-0.25, -0.2) is 0 Å². The molecule has 7 heteroatoms. The van der Waals surface area contributed by atoms with Crippen LogP contribution in [0, 0.1) is 0 Å². The first kappa shape index (κ1) is 18.0. The van der Waals surface area contributed by atoms with Crippen molar-refractivity contribution in [3.63, 3.8) is 0 Å². The van der Waals surface area contributed by atoms with Crippen molar-refractivity contribution >= 4 is 16.7 Å². The summed E-state index contributed by atoms with van der Waals surface area (Å²) in [6.07, 6.45) is 0. The van der Waals surface area contributed by atoms with E-state index in [9.17, 15) is 4.79 Å². The Balaban J connectivity index is 1.54. The molecule has 3 heterocycles. The minimum atomic E-state index is -0.0260. The lowest BCUT2D eigenvalue weighted by atomic mass is 9.95. The minimum absolute atomic E-state index is 0.0260. The van der Waals surface area contributed by atoms with Crippen LogP contribution < -0.4 is 11.3 Å². The van der Waals surface area contributed by atoms with Crippen LogP contribution in [0.2, 0.25) is 0 Å². The molecule has 1 saturated heterocycles. The van der Waals surface area contributed by atoms with E-state index in [-0.39, 0.29) is 11.6 Å². The minimum Gasteiger partial charge on any atom is -0.326 e. The molecule has 5 rings (SSSR count). The molecule has 29 heavy (non-hydrogen) atoms. The van der Waals surface area contributed by atoms with Crippen molar-refractivity contribution in [2.24, 2.45) is 5.73 Å². The Kier molecular flexibility index (Phi) is 4.41. The van der Waals surface area contributed by atoms with E-state index in [2.05, 4.69) is 39.4 Å². The predicted octanol–water partition coefficient (Wildman–Crippen LogP) is 1.99. The number of para-hydroxylation sites is 1. The largest absolute Gasteiger partial charge is 0.326 e. The summed E-state index contributed by atoms with van der Waals surface area (Å²) < 4.78 is 3.70. The standard InChI is InChI=1S/C22H24N6O/c1-2-27-21(29)16-10-6-7-11-19(16)28-20(24-25-22(27)28)14-26-12-17(18(23)13-26)15-8-4-3-5-9-15/h3-11,17-18H,2,12-14,23H2,1H3/t17-,18+/m0/s1. The average molecular weight is 388 g/mol. The molecule has 0 saturated carbocycles. The second-order valence-electron chi connectivity index (χ2n) is 7.69. The van der Waals surface area contributed by atoms with Crippen molar-refractivity contribution in [2.45, 2.75) is 32.0 Å². The molecule has 148 valence electrons. The first-order valence-electron chi connectivity index (χ1n) is 10.1. The van der Waals surface area contributed by atoms with E-state index in [0.717, 1.165) is 24.4 Å². The monoisotopic (exact) mass is 388 g/mol. The van der Waals surface area contributed by atoms with Crippen LogP contribution >= 0.6 is 0 Å². The zero-order chi connectivity index (χ0) is 20.0. The molecular weight excluding hydrogens is 364 g/mol. The summed E-state index contributed by atoms with van der Waals surface area (Å²) in [5.41, 5.74) is 8.57. The van der Waals surface area contributed by atoms with Gasteiger partial charge < -0.3 is 5.73 Å². The van der Waals surface area contributed by atoms with Gasteiger partial charge in [0.05, 0.1) is 17.4 Å². The van der Waals surface area contributed by atoms with E-state index in [1.54, 1.807) is 4.57 Å². The van der Waals surface area contributed by atoms with E-state index < -0.39 is 0 Å². The molecule has 4 aromatic rings. The Labute approximate surface area is 168 Å². The van der Waals surface area contributed by atoms with Gasteiger partial charge in [-0.1, -0.05) is 42.5 Å². The number of aromatic nitrogens is 4. The van der Waals surface area contributed by atoms with Gasteiger partial charge in [0.25, 0.3) is 5.56 Å². The SMILES string of the molecule is CCn1c(=O)c2ccccc2n2c(CN3C[C@@H](N)[C@H](c4ccccc4)C3)nnc12. The molecule has 0 spiro atoms. The Morgan fingerprint density at radius 3 is 2.59 bits per heavy atom. The molecule has 2 atom stereocenters. The van der Waals surface area contributed by atoms with Crippen LogP contribution in [0.15, 0.2) is 59.4 Å². The molecule has 2 N–H and O–H groups in total. The fourth-order valence-electron chi connectivity index (χ4n) is 4.50. The van der Waals surface area contributed by atoms with Crippen LogP contribution in [-0.4, -0.2) is 43.2 Å². The highest BCUT2D eigenvalue weighted by Crippen LogP contribution is 2.27. The van der Waals surface area contributed by atoms with Crippen LogP contribution in [0.1, 0.15) is 24.2 Å². The molecular formula is C22H24N6O. The first-order valence-corrected chi connectivity index (χ1v) is 10.1. The average Bonchev–Trinajstić information content (AvgIpc) is 3.33. The number of rotatable bonds is 4. The summed E-state index contributed by atoms with van der Waals surface area (Å²) in [4.78, 5) is 15.2. The number of benzene rings is 2. The summed E-state index contributed by atoms with van der Waals surface area (Å²) >= 11 is 0. The lowest BCUT2D eigenvalue weighted by Gasteiger charge is -2.16. The molecule has 0 aliphatic carbocycles. The topological polar surface area (TPSA) is 81.5 Å². The van der Waals surface area contributed by atoms with Crippen LogP contribution in [0.5, 0.6) is 0 Å². The second-order valence-corrected chi connectivity index (χ2v) is 7.69.